The number of amides is 1. The fraction of sp³-hybridized carbons (Fsp3) is 0.562. The van der Waals surface area contributed by atoms with Crippen molar-refractivity contribution in [2.24, 2.45) is 5.41 Å². The van der Waals surface area contributed by atoms with Crippen LogP contribution in [-0.4, -0.2) is 25.5 Å². The Balaban J connectivity index is 1.84. The van der Waals surface area contributed by atoms with Gasteiger partial charge in [0.05, 0.1) is 5.41 Å². The standard InChI is InChI=1S/C16H23FN2O/c1-12-10-14(17)5-4-13(12)6-9-19-15(20)16(2)7-3-8-18-11-16/h4-5,10,18H,3,6-9,11H2,1-2H3,(H,19,20). The average molecular weight is 278 g/mol. The molecule has 2 N–H and O–H groups in total. The van der Waals surface area contributed by atoms with Crippen molar-refractivity contribution in [3.63, 3.8) is 0 Å². The molecule has 0 bridgehead atoms. The molecule has 0 radical (unpaired) electrons. The number of rotatable bonds is 4. The summed E-state index contributed by atoms with van der Waals surface area (Å²) in [6.45, 7) is 6.25. The minimum absolute atomic E-state index is 0.115. The van der Waals surface area contributed by atoms with Crippen LogP contribution in [-0.2, 0) is 11.2 Å². The third-order valence-electron chi connectivity index (χ3n) is 4.13. The lowest BCUT2D eigenvalue weighted by molar-refractivity contribution is -0.131. The monoisotopic (exact) mass is 278 g/mol. The zero-order chi connectivity index (χ0) is 14.6. The lowest BCUT2D eigenvalue weighted by Crippen LogP contribution is -2.49. The van der Waals surface area contributed by atoms with Gasteiger partial charge in [-0.2, -0.15) is 0 Å². The van der Waals surface area contributed by atoms with E-state index < -0.39 is 0 Å². The average Bonchev–Trinajstić information content (AvgIpc) is 2.42. The normalized spacial score (nSPS) is 22.6. The van der Waals surface area contributed by atoms with Gasteiger partial charge in [-0.15, -0.1) is 0 Å². The Hall–Kier alpha value is -1.42. The van der Waals surface area contributed by atoms with E-state index in [1.54, 1.807) is 6.07 Å². The van der Waals surface area contributed by atoms with Crippen molar-refractivity contribution in [2.75, 3.05) is 19.6 Å². The molecule has 3 nitrogen and oxygen atoms in total. The fourth-order valence-electron chi connectivity index (χ4n) is 2.71. The number of aryl methyl sites for hydroxylation is 1. The van der Waals surface area contributed by atoms with Crippen LogP contribution < -0.4 is 10.6 Å². The minimum atomic E-state index is -0.296. The highest BCUT2D eigenvalue weighted by molar-refractivity contribution is 5.82. The Morgan fingerprint density at radius 2 is 2.30 bits per heavy atom. The highest BCUT2D eigenvalue weighted by Gasteiger charge is 2.34. The SMILES string of the molecule is Cc1cc(F)ccc1CCNC(=O)C1(C)CCCNC1. The lowest BCUT2D eigenvalue weighted by Gasteiger charge is -2.32. The first-order valence-electron chi connectivity index (χ1n) is 7.25. The molecular weight excluding hydrogens is 255 g/mol. The molecule has 2 rings (SSSR count). The Morgan fingerprint density at radius 1 is 1.50 bits per heavy atom. The summed E-state index contributed by atoms with van der Waals surface area (Å²) in [5.74, 6) is -0.0967. The van der Waals surface area contributed by atoms with Crippen molar-refractivity contribution < 1.29 is 9.18 Å². The topological polar surface area (TPSA) is 41.1 Å². The summed E-state index contributed by atoms with van der Waals surface area (Å²) < 4.78 is 13.0. The van der Waals surface area contributed by atoms with E-state index in [0.29, 0.717) is 6.54 Å². The van der Waals surface area contributed by atoms with Crippen LogP contribution in [0.5, 0.6) is 0 Å². The molecule has 1 fully saturated rings. The molecule has 0 saturated carbocycles. The summed E-state index contributed by atoms with van der Waals surface area (Å²) in [5, 5.41) is 6.29. The van der Waals surface area contributed by atoms with Crippen LogP contribution in [0.25, 0.3) is 0 Å². The second kappa shape index (κ2) is 6.35. The Morgan fingerprint density at radius 3 is 2.95 bits per heavy atom. The van der Waals surface area contributed by atoms with Crippen LogP contribution in [0.15, 0.2) is 18.2 Å². The van der Waals surface area contributed by atoms with Crippen LogP contribution in [0.2, 0.25) is 0 Å². The van der Waals surface area contributed by atoms with Crippen LogP contribution in [0, 0.1) is 18.2 Å². The summed E-state index contributed by atoms with van der Waals surface area (Å²) in [6.07, 6.45) is 2.71. The smallest absolute Gasteiger partial charge is 0.227 e. The number of carbonyl (C=O) groups excluding carboxylic acids is 1. The molecule has 1 saturated heterocycles. The third-order valence-corrected chi connectivity index (χ3v) is 4.13. The van der Waals surface area contributed by atoms with E-state index in [2.05, 4.69) is 10.6 Å². The van der Waals surface area contributed by atoms with E-state index >= 15 is 0 Å². The van der Waals surface area contributed by atoms with E-state index in [9.17, 15) is 9.18 Å². The zero-order valence-electron chi connectivity index (χ0n) is 12.3. The molecule has 1 aliphatic rings. The van der Waals surface area contributed by atoms with Gasteiger partial charge in [-0.25, -0.2) is 4.39 Å². The van der Waals surface area contributed by atoms with Crippen molar-refractivity contribution >= 4 is 5.91 Å². The summed E-state index contributed by atoms with van der Waals surface area (Å²) in [6, 6.07) is 4.79. The van der Waals surface area contributed by atoms with E-state index in [1.165, 1.54) is 12.1 Å². The first kappa shape index (κ1) is 15.0. The zero-order valence-corrected chi connectivity index (χ0v) is 12.3. The summed E-state index contributed by atoms with van der Waals surface area (Å²) in [7, 11) is 0. The Bertz CT molecular complexity index is 481. The van der Waals surface area contributed by atoms with Crippen molar-refractivity contribution in [3.8, 4) is 0 Å². The van der Waals surface area contributed by atoms with Gasteiger partial charge in [0.1, 0.15) is 5.82 Å². The predicted molar refractivity (Wildman–Crippen MR) is 78.1 cm³/mol. The van der Waals surface area contributed by atoms with Gasteiger partial charge in [0.25, 0.3) is 0 Å². The second-order valence-corrected chi connectivity index (χ2v) is 5.92. The van der Waals surface area contributed by atoms with Gasteiger partial charge in [0.15, 0.2) is 0 Å². The predicted octanol–water partition coefficient (Wildman–Crippen LogP) is 2.18. The largest absolute Gasteiger partial charge is 0.355 e. The first-order valence-corrected chi connectivity index (χ1v) is 7.25. The maximum absolute atomic E-state index is 13.0. The van der Waals surface area contributed by atoms with E-state index in [0.717, 1.165) is 43.5 Å². The molecule has 20 heavy (non-hydrogen) atoms. The van der Waals surface area contributed by atoms with Crippen LogP contribution in [0.3, 0.4) is 0 Å². The van der Waals surface area contributed by atoms with Gasteiger partial charge < -0.3 is 10.6 Å². The maximum Gasteiger partial charge on any atom is 0.227 e. The summed E-state index contributed by atoms with van der Waals surface area (Å²) in [5.41, 5.74) is 1.72. The molecule has 1 heterocycles. The lowest BCUT2D eigenvalue weighted by atomic mass is 9.82. The number of carbonyl (C=O) groups is 1. The molecular formula is C16H23FN2O. The molecule has 1 aromatic carbocycles. The number of hydrogen-bond donors (Lipinski definition) is 2. The number of nitrogens with one attached hydrogen (secondary N) is 2. The van der Waals surface area contributed by atoms with Crippen LogP contribution in [0.1, 0.15) is 30.9 Å². The summed E-state index contributed by atoms with van der Waals surface area (Å²) >= 11 is 0. The quantitative estimate of drug-likeness (QED) is 0.886. The summed E-state index contributed by atoms with van der Waals surface area (Å²) in [4.78, 5) is 12.2. The van der Waals surface area contributed by atoms with Gasteiger partial charge in [0.2, 0.25) is 5.91 Å². The molecule has 4 heteroatoms. The highest BCUT2D eigenvalue weighted by Crippen LogP contribution is 2.25. The molecule has 1 aromatic rings. The molecule has 0 spiro atoms. The molecule has 1 unspecified atom stereocenters. The van der Waals surface area contributed by atoms with Crippen molar-refractivity contribution in [1.82, 2.24) is 10.6 Å². The first-order chi connectivity index (χ1) is 9.51. The number of halogens is 1. The highest BCUT2D eigenvalue weighted by atomic mass is 19.1. The Labute approximate surface area is 120 Å². The minimum Gasteiger partial charge on any atom is -0.355 e. The molecule has 0 aliphatic carbocycles. The van der Waals surface area contributed by atoms with Gasteiger partial charge in [0, 0.05) is 13.1 Å². The van der Waals surface area contributed by atoms with E-state index in [4.69, 9.17) is 0 Å². The van der Waals surface area contributed by atoms with E-state index in [1.807, 2.05) is 13.8 Å². The maximum atomic E-state index is 13.0. The molecule has 1 aliphatic heterocycles. The molecule has 0 aromatic heterocycles. The van der Waals surface area contributed by atoms with Crippen molar-refractivity contribution in [3.05, 3.63) is 35.1 Å². The number of hydrogen-bond acceptors (Lipinski definition) is 2. The second-order valence-electron chi connectivity index (χ2n) is 5.92. The van der Waals surface area contributed by atoms with Gasteiger partial charge in [-0.05, 0) is 62.9 Å². The van der Waals surface area contributed by atoms with Crippen molar-refractivity contribution in [1.29, 1.82) is 0 Å². The van der Waals surface area contributed by atoms with Crippen molar-refractivity contribution in [2.45, 2.75) is 33.1 Å². The molecule has 110 valence electrons. The number of benzene rings is 1. The van der Waals surface area contributed by atoms with Crippen LogP contribution in [0.4, 0.5) is 4.39 Å². The van der Waals surface area contributed by atoms with Gasteiger partial charge in [-0.3, -0.25) is 4.79 Å². The van der Waals surface area contributed by atoms with Gasteiger partial charge >= 0.3 is 0 Å². The number of piperidine rings is 1. The third kappa shape index (κ3) is 3.57. The van der Waals surface area contributed by atoms with Gasteiger partial charge in [-0.1, -0.05) is 6.07 Å². The Kier molecular flexibility index (Phi) is 4.76. The molecule has 1 atom stereocenters. The molecule has 1 amide bonds. The fourth-order valence-corrected chi connectivity index (χ4v) is 2.71. The van der Waals surface area contributed by atoms with E-state index in [-0.39, 0.29) is 17.1 Å². The van der Waals surface area contributed by atoms with Crippen LogP contribution >= 0.6 is 0 Å².